The van der Waals surface area contributed by atoms with Gasteiger partial charge in [0.25, 0.3) is 0 Å². The van der Waals surface area contributed by atoms with Crippen LogP contribution in [0.1, 0.15) is 17.5 Å². The van der Waals surface area contributed by atoms with Crippen molar-refractivity contribution in [3.63, 3.8) is 0 Å². The van der Waals surface area contributed by atoms with Gasteiger partial charge in [-0.1, -0.05) is 139 Å². The van der Waals surface area contributed by atoms with E-state index in [2.05, 4.69) is 185 Å². The summed E-state index contributed by atoms with van der Waals surface area (Å²) in [6, 6.07) is 60.5. The van der Waals surface area contributed by atoms with E-state index in [4.69, 9.17) is 4.98 Å². The summed E-state index contributed by atoms with van der Waals surface area (Å²) in [5.41, 5.74) is 14.7. The summed E-state index contributed by atoms with van der Waals surface area (Å²) in [4.78, 5) is 5.60. The molecule has 0 atom stereocenters. The maximum atomic E-state index is 5.60. The summed E-state index contributed by atoms with van der Waals surface area (Å²) >= 11 is 3.69. The van der Waals surface area contributed by atoms with Crippen LogP contribution in [0.2, 0.25) is 0 Å². The van der Waals surface area contributed by atoms with Crippen molar-refractivity contribution in [2.24, 2.45) is 0 Å². The van der Waals surface area contributed by atoms with Crippen LogP contribution < -0.4 is 0 Å². The van der Waals surface area contributed by atoms with Crippen LogP contribution in [-0.2, 0) is 6.42 Å². The normalized spacial score (nSPS) is 13.0. The average Bonchev–Trinajstić information content (AvgIpc) is 4.05. The molecule has 8 aromatic carbocycles. The van der Waals surface area contributed by atoms with Crippen LogP contribution in [0.25, 0.3) is 113 Å². The highest BCUT2D eigenvalue weighted by Crippen LogP contribution is 2.47. The van der Waals surface area contributed by atoms with Gasteiger partial charge in [0.05, 0.1) is 32.3 Å². The lowest BCUT2D eigenvalue weighted by Gasteiger charge is -2.13. The molecule has 0 fully saturated rings. The van der Waals surface area contributed by atoms with E-state index in [1.165, 1.54) is 96.3 Å². The van der Waals surface area contributed by atoms with E-state index in [9.17, 15) is 0 Å². The predicted octanol–water partition coefficient (Wildman–Crippen LogP) is 15.2. The average molecular weight is 776 g/mol. The molecule has 272 valence electrons. The fourth-order valence-electron chi connectivity index (χ4n) is 9.54. The predicted molar refractivity (Wildman–Crippen MR) is 249 cm³/mol. The van der Waals surface area contributed by atoms with Crippen molar-refractivity contribution < 1.29 is 0 Å². The van der Waals surface area contributed by atoms with E-state index in [-0.39, 0.29) is 0 Å². The highest BCUT2D eigenvalue weighted by atomic mass is 32.1. The van der Waals surface area contributed by atoms with Crippen LogP contribution >= 0.6 is 22.7 Å². The Morgan fingerprint density at radius 2 is 1.12 bits per heavy atom. The maximum absolute atomic E-state index is 5.60. The number of fused-ring (bicyclic) bond motifs is 12. The van der Waals surface area contributed by atoms with Gasteiger partial charge in [0.15, 0.2) is 5.13 Å². The number of rotatable bonds is 4. The molecule has 0 saturated heterocycles. The van der Waals surface area contributed by atoms with Crippen LogP contribution in [-0.4, -0.2) is 14.1 Å². The summed E-state index contributed by atoms with van der Waals surface area (Å²) in [5, 5.41) is 8.51. The number of allylic oxidation sites excluding steroid dienone is 1. The van der Waals surface area contributed by atoms with Crippen LogP contribution in [0.4, 0.5) is 0 Å². The lowest BCUT2D eigenvalue weighted by atomic mass is 9.92. The van der Waals surface area contributed by atoms with Crippen LogP contribution in [0.3, 0.4) is 0 Å². The number of hydrogen-bond acceptors (Lipinski definition) is 3. The SMILES string of the molecule is C1=Cc2ccc(-c3cc4sc(-n5c6ccccc6c6ccc(-c7ccc8c9ccccc9n(-c9ccccc9)c8c7)cc65)nc4c4c3sc3ccccc34)cc2CC1. The third-order valence-corrected chi connectivity index (χ3v) is 14.4. The molecule has 5 heteroatoms. The van der Waals surface area contributed by atoms with Crippen molar-refractivity contribution in [1.82, 2.24) is 14.1 Å². The molecule has 0 saturated carbocycles. The Morgan fingerprint density at radius 1 is 0.483 bits per heavy atom. The van der Waals surface area contributed by atoms with Crippen molar-refractivity contribution in [1.29, 1.82) is 0 Å². The van der Waals surface area contributed by atoms with Gasteiger partial charge in [0, 0.05) is 53.0 Å². The molecule has 0 bridgehead atoms. The van der Waals surface area contributed by atoms with Gasteiger partial charge in [-0.15, -0.1) is 11.3 Å². The summed E-state index contributed by atoms with van der Waals surface area (Å²) in [7, 11) is 0. The Morgan fingerprint density at radius 3 is 1.90 bits per heavy atom. The van der Waals surface area contributed by atoms with E-state index in [0.29, 0.717) is 0 Å². The molecular formula is C53H33N3S2. The topological polar surface area (TPSA) is 22.8 Å². The first-order chi connectivity index (χ1) is 28.7. The number of aromatic nitrogens is 3. The zero-order valence-electron chi connectivity index (χ0n) is 31.3. The first-order valence-corrected chi connectivity index (χ1v) is 21.6. The number of nitrogens with zero attached hydrogens (tertiary/aromatic N) is 3. The molecule has 0 unspecified atom stereocenters. The van der Waals surface area contributed by atoms with E-state index in [1.54, 1.807) is 11.3 Å². The molecule has 4 heterocycles. The van der Waals surface area contributed by atoms with Crippen molar-refractivity contribution in [3.05, 3.63) is 181 Å². The maximum Gasteiger partial charge on any atom is 0.195 e. The van der Waals surface area contributed by atoms with Gasteiger partial charge in [-0.25, -0.2) is 4.98 Å². The van der Waals surface area contributed by atoms with Gasteiger partial charge < -0.3 is 4.57 Å². The molecule has 0 N–H and O–H groups in total. The van der Waals surface area contributed by atoms with Crippen molar-refractivity contribution in [3.8, 4) is 33.1 Å². The second-order valence-electron chi connectivity index (χ2n) is 15.4. The molecule has 58 heavy (non-hydrogen) atoms. The van der Waals surface area contributed by atoms with E-state index < -0.39 is 0 Å². The highest BCUT2D eigenvalue weighted by molar-refractivity contribution is 7.27. The standard InChI is InChI=1S/C53H33N3S2/c1-2-14-37(15-3-1)55-44-19-9-6-16-38(44)40-26-24-34(29-46(40)55)35-25-27-41-39-17-7-10-20-45(39)56(47(41)30-35)53-54-51-49(58-53)31-43(36-23-22-32-12-4-5-13-33(32)28-36)52-50(51)42-18-8-11-21-48(42)57-52/h1-4,6-12,14-31H,5,13H2. The zero-order chi connectivity index (χ0) is 37.9. The molecule has 12 aromatic rings. The quantitative estimate of drug-likeness (QED) is 0.175. The Balaban J connectivity index is 1.04. The van der Waals surface area contributed by atoms with E-state index >= 15 is 0 Å². The Labute approximate surface area is 342 Å². The smallest absolute Gasteiger partial charge is 0.195 e. The van der Waals surface area contributed by atoms with Crippen molar-refractivity contribution in [2.75, 3.05) is 0 Å². The number of para-hydroxylation sites is 3. The van der Waals surface area contributed by atoms with Crippen LogP contribution in [0.15, 0.2) is 170 Å². The Hall–Kier alpha value is -6.79. The van der Waals surface area contributed by atoms with Crippen molar-refractivity contribution in [2.45, 2.75) is 12.8 Å². The second-order valence-corrected chi connectivity index (χ2v) is 17.5. The first kappa shape index (κ1) is 32.3. The van der Waals surface area contributed by atoms with E-state index in [1.807, 2.05) is 11.3 Å². The Bertz CT molecular complexity index is 3690. The minimum Gasteiger partial charge on any atom is -0.309 e. The summed E-state index contributed by atoms with van der Waals surface area (Å²) in [6.45, 7) is 0. The summed E-state index contributed by atoms with van der Waals surface area (Å²) in [5.74, 6) is 0. The molecule has 0 aliphatic heterocycles. The van der Waals surface area contributed by atoms with Gasteiger partial charge in [0.2, 0.25) is 0 Å². The molecule has 0 amide bonds. The number of benzene rings is 8. The van der Waals surface area contributed by atoms with Crippen LogP contribution in [0.5, 0.6) is 0 Å². The van der Waals surface area contributed by atoms with Crippen LogP contribution in [0, 0.1) is 0 Å². The van der Waals surface area contributed by atoms with Gasteiger partial charge in [-0.2, -0.15) is 0 Å². The fourth-order valence-corrected chi connectivity index (χ4v) is 11.8. The number of aryl methyl sites for hydroxylation is 1. The van der Waals surface area contributed by atoms with Crippen molar-refractivity contribution >= 4 is 103 Å². The van der Waals surface area contributed by atoms with E-state index in [0.717, 1.165) is 34.7 Å². The summed E-state index contributed by atoms with van der Waals surface area (Å²) < 4.78 is 8.62. The molecule has 1 aliphatic rings. The van der Waals surface area contributed by atoms with Gasteiger partial charge in [-0.3, -0.25) is 4.57 Å². The molecule has 0 spiro atoms. The molecule has 3 nitrogen and oxygen atoms in total. The molecule has 13 rings (SSSR count). The van der Waals surface area contributed by atoms with Gasteiger partial charge in [-0.05, 0) is 89.2 Å². The largest absolute Gasteiger partial charge is 0.309 e. The first-order valence-electron chi connectivity index (χ1n) is 19.9. The van der Waals surface area contributed by atoms with Gasteiger partial charge in [0.1, 0.15) is 0 Å². The zero-order valence-corrected chi connectivity index (χ0v) is 32.9. The summed E-state index contributed by atoms with van der Waals surface area (Å²) in [6.07, 6.45) is 6.75. The minimum absolute atomic E-state index is 0.988. The molecule has 1 aliphatic carbocycles. The lowest BCUT2D eigenvalue weighted by Crippen LogP contribution is -1.94. The molecular weight excluding hydrogens is 743 g/mol. The number of thiazole rings is 1. The lowest BCUT2D eigenvalue weighted by molar-refractivity contribution is 0.986. The number of thiophene rings is 1. The third-order valence-electron chi connectivity index (χ3n) is 12.2. The monoisotopic (exact) mass is 775 g/mol. The fraction of sp³-hybridized carbons (Fsp3) is 0.0377. The highest BCUT2D eigenvalue weighted by Gasteiger charge is 2.22. The Kier molecular flexibility index (Phi) is 6.88. The second kappa shape index (κ2) is 12.4. The molecule has 4 aromatic heterocycles. The van der Waals surface area contributed by atoms with Gasteiger partial charge >= 0.3 is 0 Å². The minimum atomic E-state index is 0.988. The molecule has 0 radical (unpaired) electrons. The third kappa shape index (κ3) is 4.69. The number of hydrogen-bond donors (Lipinski definition) is 0.